The van der Waals surface area contributed by atoms with Crippen LogP contribution in [0.1, 0.15) is 5.82 Å². The van der Waals surface area contributed by atoms with Gasteiger partial charge in [-0.3, -0.25) is 4.79 Å². The van der Waals surface area contributed by atoms with Gasteiger partial charge in [-0.2, -0.15) is 0 Å². The molecule has 0 fully saturated rings. The molecule has 0 spiro atoms. The maximum Gasteiger partial charge on any atom is 0.251 e. The highest BCUT2D eigenvalue weighted by molar-refractivity contribution is 5.62. The fourth-order valence-corrected chi connectivity index (χ4v) is 1.66. The second-order valence-corrected chi connectivity index (χ2v) is 4.16. The lowest BCUT2D eigenvalue weighted by Crippen LogP contribution is -2.09. The molecule has 0 atom stereocenters. The van der Waals surface area contributed by atoms with Crippen LogP contribution in [0.15, 0.2) is 35.1 Å². The first-order valence-corrected chi connectivity index (χ1v) is 5.42. The minimum atomic E-state index is -0.121. The number of anilines is 1. The van der Waals surface area contributed by atoms with Crippen LogP contribution >= 0.6 is 0 Å². The Morgan fingerprint density at radius 1 is 1.18 bits per heavy atom. The Balaban J connectivity index is 2.43. The van der Waals surface area contributed by atoms with Crippen molar-refractivity contribution in [2.75, 3.05) is 19.0 Å². The molecule has 0 saturated heterocycles. The summed E-state index contributed by atoms with van der Waals surface area (Å²) in [5.74, 6) is 0.629. The molecule has 4 heteroatoms. The third kappa shape index (κ3) is 2.53. The van der Waals surface area contributed by atoms with Crippen molar-refractivity contribution >= 4 is 5.69 Å². The maximum atomic E-state index is 11.4. The zero-order chi connectivity index (χ0) is 12.4. The van der Waals surface area contributed by atoms with Crippen molar-refractivity contribution in [2.24, 2.45) is 0 Å². The molecule has 2 rings (SSSR count). The van der Waals surface area contributed by atoms with E-state index in [2.05, 4.69) is 9.97 Å². The average molecular weight is 229 g/mol. The van der Waals surface area contributed by atoms with Crippen LogP contribution < -0.4 is 10.5 Å². The Kier molecular flexibility index (Phi) is 2.95. The molecule has 1 heterocycles. The lowest BCUT2D eigenvalue weighted by atomic mass is 10.1. The van der Waals surface area contributed by atoms with Gasteiger partial charge in [0.05, 0.1) is 5.69 Å². The molecular weight excluding hydrogens is 214 g/mol. The highest BCUT2D eigenvalue weighted by Gasteiger charge is 2.02. The van der Waals surface area contributed by atoms with E-state index in [9.17, 15) is 4.79 Å². The van der Waals surface area contributed by atoms with Gasteiger partial charge in [0.25, 0.3) is 5.56 Å². The number of hydrogen-bond donors (Lipinski definition) is 1. The van der Waals surface area contributed by atoms with Crippen LogP contribution in [0.25, 0.3) is 11.3 Å². The van der Waals surface area contributed by atoms with E-state index in [1.54, 1.807) is 6.92 Å². The van der Waals surface area contributed by atoms with Crippen LogP contribution in [0.2, 0.25) is 0 Å². The van der Waals surface area contributed by atoms with Crippen molar-refractivity contribution in [1.82, 2.24) is 9.97 Å². The Bertz CT molecular complexity index is 570. The quantitative estimate of drug-likeness (QED) is 0.854. The van der Waals surface area contributed by atoms with Crippen LogP contribution in [0.4, 0.5) is 5.69 Å². The molecule has 0 aliphatic heterocycles. The van der Waals surface area contributed by atoms with Crippen molar-refractivity contribution in [2.45, 2.75) is 6.92 Å². The molecule has 88 valence electrons. The summed E-state index contributed by atoms with van der Waals surface area (Å²) in [6.07, 6.45) is 0. The zero-order valence-corrected chi connectivity index (χ0v) is 10.2. The van der Waals surface area contributed by atoms with Crippen LogP contribution in [0.5, 0.6) is 0 Å². The van der Waals surface area contributed by atoms with Gasteiger partial charge in [0.15, 0.2) is 0 Å². The largest absolute Gasteiger partial charge is 0.378 e. The minimum Gasteiger partial charge on any atom is -0.378 e. The number of nitrogens with zero attached hydrogens (tertiary/aromatic N) is 2. The van der Waals surface area contributed by atoms with E-state index in [4.69, 9.17) is 0 Å². The number of aromatic amines is 1. The number of nitrogens with one attached hydrogen (secondary N) is 1. The van der Waals surface area contributed by atoms with Gasteiger partial charge in [0.1, 0.15) is 5.82 Å². The van der Waals surface area contributed by atoms with Crippen LogP contribution in [0.3, 0.4) is 0 Å². The van der Waals surface area contributed by atoms with Gasteiger partial charge < -0.3 is 9.88 Å². The Morgan fingerprint density at radius 3 is 2.35 bits per heavy atom. The summed E-state index contributed by atoms with van der Waals surface area (Å²) < 4.78 is 0. The van der Waals surface area contributed by atoms with Crippen LogP contribution in [-0.2, 0) is 0 Å². The molecule has 1 N–H and O–H groups in total. The van der Waals surface area contributed by atoms with E-state index in [1.165, 1.54) is 6.07 Å². The molecule has 0 amide bonds. The number of aryl methyl sites for hydroxylation is 1. The second-order valence-electron chi connectivity index (χ2n) is 4.16. The lowest BCUT2D eigenvalue weighted by molar-refractivity contribution is 1.02. The first-order chi connectivity index (χ1) is 8.06. The van der Waals surface area contributed by atoms with Crippen molar-refractivity contribution in [3.05, 3.63) is 46.5 Å². The minimum absolute atomic E-state index is 0.121. The van der Waals surface area contributed by atoms with E-state index >= 15 is 0 Å². The van der Waals surface area contributed by atoms with Crippen LogP contribution in [-0.4, -0.2) is 24.1 Å². The smallest absolute Gasteiger partial charge is 0.251 e. The van der Waals surface area contributed by atoms with Gasteiger partial charge in [-0.15, -0.1) is 0 Å². The normalized spacial score (nSPS) is 10.3. The van der Waals surface area contributed by atoms with Crippen molar-refractivity contribution in [3.8, 4) is 11.3 Å². The Morgan fingerprint density at radius 2 is 1.82 bits per heavy atom. The SMILES string of the molecule is Cc1nc(-c2ccc(N(C)C)cc2)cc(=O)[nH]1. The van der Waals surface area contributed by atoms with E-state index in [0.29, 0.717) is 11.5 Å². The first-order valence-electron chi connectivity index (χ1n) is 5.42. The third-order valence-corrected chi connectivity index (χ3v) is 2.54. The summed E-state index contributed by atoms with van der Waals surface area (Å²) in [4.78, 5) is 20.3. The monoisotopic (exact) mass is 229 g/mol. The van der Waals surface area contributed by atoms with Gasteiger partial charge in [-0.25, -0.2) is 4.98 Å². The van der Waals surface area contributed by atoms with Crippen molar-refractivity contribution < 1.29 is 0 Å². The highest BCUT2D eigenvalue weighted by atomic mass is 16.1. The predicted molar refractivity (Wildman–Crippen MR) is 69.4 cm³/mol. The van der Waals surface area contributed by atoms with Gasteiger partial charge in [-0.1, -0.05) is 12.1 Å². The summed E-state index contributed by atoms with van der Waals surface area (Å²) in [6.45, 7) is 1.78. The van der Waals surface area contributed by atoms with E-state index < -0.39 is 0 Å². The lowest BCUT2D eigenvalue weighted by Gasteiger charge is -2.12. The average Bonchev–Trinajstić information content (AvgIpc) is 2.28. The highest BCUT2D eigenvalue weighted by Crippen LogP contribution is 2.19. The number of benzene rings is 1. The van der Waals surface area contributed by atoms with Gasteiger partial charge in [0.2, 0.25) is 0 Å². The summed E-state index contributed by atoms with van der Waals surface area (Å²) >= 11 is 0. The molecule has 0 aliphatic rings. The van der Waals surface area contributed by atoms with Gasteiger partial charge in [-0.05, 0) is 19.1 Å². The fourth-order valence-electron chi connectivity index (χ4n) is 1.66. The summed E-state index contributed by atoms with van der Waals surface area (Å²) in [5.41, 5.74) is 2.65. The number of H-pyrrole nitrogens is 1. The molecule has 0 aliphatic carbocycles. The molecular formula is C13H15N3O. The summed E-state index contributed by atoms with van der Waals surface area (Å²) in [6, 6.07) is 9.46. The summed E-state index contributed by atoms with van der Waals surface area (Å²) in [7, 11) is 3.98. The molecule has 0 bridgehead atoms. The maximum absolute atomic E-state index is 11.4. The van der Waals surface area contributed by atoms with Crippen molar-refractivity contribution in [3.63, 3.8) is 0 Å². The molecule has 17 heavy (non-hydrogen) atoms. The zero-order valence-electron chi connectivity index (χ0n) is 10.2. The number of hydrogen-bond acceptors (Lipinski definition) is 3. The van der Waals surface area contributed by atoms with Gasteiger partial charge >= 0.3 is 0 Å². The summed E-state index contributed by atoms with van der Waals surface area (Å²) in [5, 5.41) is 0. The third-order valence-electron chi connectivity index (χ3n) is 2.54. The van der Waals surface area contributed by atoms with E-state index in [1.807, 2.05) is 43.3 Å². The molecule has 0 saturated carbocycles. The van der Waals surface area contributed by atoms with Crippen LogP contribution in [0, 0.1) is 6.92 Å². The molecule has 1 aromatic heterocycles. The number of rotatable bonds is 2. The topological polar surface area (TPSA) is 49.0 Å². The Hall–Kier alpha value is -2.10. The Labute approximate surface area is 99.9 Å². The van der Waals surface area contributed by atoms with E-state index in [-0.39, 0.29) is 5.56 Å². The second kappa shape index (κ2) is 4.41. The fraction of sp³-hybridized carbons (Fsp3) is 0.231. The first kappa shape index (κ1) is 11.4. The number of aromatic nitrogens is 2. The molecule has 1 aromatic carbocycles. The van der Waals surface area contributed by atoms with E-state index in [0.717, 1.165) is 11.3 Å². The molecule has 2 aromatic rings. The molecule has 0 unspecified atom stereocenters. The standard InChI is InChI=1S/C13H15N3O/c1-9-14-12(8-13(17)15-9)10-4-6-11(7-5-10)16(2)3/h4-8H,1-3H3,(H,14,15,17). The van der Waals surface area contributed by atoms with Crippen molar-refractivity contribution in [1.29, 1.82) is 0 Å². The van der Waals surface area contributed by atoms with Gasteiger partial charge in [0, 0.05) is 31.4 Å². The molecule has 0 radical (unpaired) electrons. The predicted octanol–water partition coefficient (Wildman–Crippen LogP) is 1.81. The molecule has 4 nitrogen and oxygen atoms in total.